The van der Waals surface area contributed by atoms with Crippen LogP contribution in [0.1, 0.15) is 31.7 Å². The van der Waals surface area contributed by atoms with Gasteiger partial charge in [-0.05, 0) is 5.92 Å². The number of nitriles is 1. The van der Waals surface area contributed by atoms with Crippen molar-refractivity contribution in [2.24, 2.45) is 5.84 Å². The Bertz CT molecular complexity index is 409. The molecule has 0 aliphatic rings. The lowest BCUT2D eigenvalue weighted by atomic mass is 10.0. The minimum Gasteiger partial charge on any atom is -0.358 e. The summed E-state index contributed by atoms with van der Waals surface area (Å²) in [5.74, 6) is 7.15. The Balaban J connectivity index is 3.10. The third-order valence-corrected chi connectivity index (χ3v) is 2.50. The maximum absolute atomic E-state index is 8.60. The number of hydrogen-bond donors (Lipinski definition) is 2. The Labute approximate surface area is 101 Å². The van der Waals surface area contributed by atoms with E-state index >= 15 is 0 Å². The molecule has 92 valence electrons. The van der Waals surface area contributed by atoms with Gasteiger partial charge in [-0.2, -0.15) is 5.26 Å². The minimum atomic E-state index is 0.252. The zero-order valence-corrected chi connectivity index (χ0v) is 10.4. The van der Waals surface area contributed by atoms with Gasteiger partial charge in [0.2, 0.25) is 0 Å². The van der Waals surface area contributed by atoms with E-state index in [1.807, 2.05) is 11.9 Å². The number of hydrazine groups is 1. The Hall–Kier alpha value is -1.87. The van der Waals surface area contributed by atoms with Crippen molar-refractivity contribution in [1.82, 2.24) is 9.97 Å². The predicted octanol–water partition coefficient (Wildman–Crippen LogP) is 1.24. The minimum absolute atomic E-state index is 0.252. The highest BCUT2D eigenvalue weighted by Gasteiger charge is 2.16. The van der Waals surface area contributed by atoms with Gasteiger partial charge in [0.25, 0.3) is 0 Å². The summed E-state index contributed by atoms with van der Waals surface area (Å²) in [4.78, 5) is 10.3. The summed E-state index contributed by atoms with van der Waals surface area (Å²) in [7, 11) is 1.91. The second-order valence-electron chi connectivity index (χ2n) is 4.09. The SMILES string of the molecule is CC(C)c1c(NN)ncnc1N(C)CCC#N. The molecular weight excluding hydrogens is 216 g/mol. The highest BCUT2D eigenvalue weighted by atomic mass is 15.3. The molecule has 0 aromatic carbocycles. The number of nitrogens with one attached hydrogen (secondary N) is 1. The number of nitrogens with zero attached hydrogens (tertiary/aromatic N) is 4. The first kappa shape index (κ1) is 13.2. The standard InChI is InChI=1S/C11H18N6/c1-8(2)9-10(16-13)14-7-15-11(9)17(3)6-4-5-12/h7-8H,4,6,13H2,1-3H3,(H,14,15,16). The molecule has 1 rings (SSSR count). The molecule has 0 bridgehead atoms. The highest BCUT2D eigenvalue weighted by molar-refractivity contribution is 5.59. The molecule has 6 nitrogen and oxygen atoms in total. The lowest BCUT2D eigenvalue weighted by Gasteiger charge is -2.22. The van der Waals surface area contributed by atoms with Gasteiger partial charge in [0.15, 0.2) is 0 Å². The van der Waals surface area contributed by atoms with Crippen LogP contribution in [0.25, 0.3) is 0 Å². The molecule has 0 spiro atoms. The first-order valence-electron chi connectivity index (χ1n) is 5.51. The van der Waals surface area contributed by atoms with Crippen molar-refractivity contribution in [2.45, 2.75) is 26.2 Å². The maximum atomic E-state index is 8.60. The average Bonchev–Trinajstić information content (AvgIpc) is 2.34. The van der Waals surface area contributed by atoms with E-state index in [1.54, 1.807) is 0 Å². The smallest absolute Gasteiger partial charge is 0.148 e. The molecule has 0 saturated heterocycles. The molecule has 17 heavy (non-hydrogen) atoms. The summed E-state index contributed by atoms with van der Waals surface area (Å²) in [5, 5.41) is 8.60. The lowest BCUT2D eigenvalue weighted by molar-refractivity contribution is 0.808. The van der Waals surface area contributed by atoms with Gasteiger partial charge < -0.3 is 10.3 Å². The fourth-order valence-electron chi connectivity index (χ4n) is 1.66. The van der Waals surface area contributed by atoms with Crippen molar-refractivity contribution >= 4 is 11.6 Å². The van der Waals surface area contributed by atoms with Gasteiger partial charge in [-0.1, -0.05) is 13.8 Å². The van der Waals surface area contributed by atoms with E-state index in [0.29, 0.717) is 18.8 Å². The maximum Gasteiger partial charge on any atom is 0.148 e. The first-order chi connectivity index (χ1) is 8.11. The quantitative estimate of drug-likeness (QED) is 0.588. The number of anilines is 2. The van der Waals surface area contributed by atoms with E-state index in [-0.39, 0.29) is 5.92 Å². The summed E-state index contributed by atoms with van der Waals surface area (Å²) in [6.07, 6.45) is 1.93. The predicted molar refractivity (Wildman–Crippen MR) is 67.4 cm³/mol. The van der Waals surface area contributed by atoms with Gasteiger partial charge in [0.05, 0.1) is 12.5 Å². The van der Waals surface area contributed by atoms with Crippen LogP contribution >= 0.6 is 0 Å². The first-order valence-corrected chi connectivity index (χ1v) is 5.51. The summed E-state index contributed by atoms with van der Waals surface area (Å²) >= 11 is 0. The molecule has 6 heteroatoms. The summed E-state index contributed by atoms with van der Waals surface area (Å²) in [6, 6.07) is 2.12. The van der Waals surface area contributed by atoms with Crippen LogP contribution in [0.2, 0.25) is 0 Å². The molecule has 0 unspecified atom stereocenters. The summed E-state index contributed by atoms with van der Waals surface area (Å²) in [5.41, 5.74) is 3.55. The van der Waals surface area contributed by atoms with Crippen molar-refractivity contribution in [3.8, 4) is 6.07 Å². The molecule has 0 amide bonds. The molecule has 0 radical (unpaired) electrons. The summed E-state index contributed by atoms with van der Waals surface area (Å²) in [6.45, 7) is 4.75. The molecule has 0 aliphatic carbocycles. The summed E-state index contributed by atoms with van der Waals surface area (Å²) < 4.78 is 0. The fraction of sp³-hybridized carbons (Fsp3) is 0.545. The van der Waals surface area contributed by atoms with Gasteiger partial charge in [-0.25, -0.2) is 15.8 Å². The van der Waals surface area contributed by atoms with Crippen molar-refractivity contribution in [3.63, 3.8) is 0 Å². The van der Waals surface area contributed by atoms with Crippen molar-refractivity contribution < 1.29 is 0 Å². The molecule has 1 aromatic rings. The van der Waals surface area contributed by atoms with Crippen molar-refractivity contribution in [3.05, 3.63) is 11.9 Å². The fourth-order valence-corrected chi connectivity index (χ4v) is 1.66. The van der Waals surface area contributed by atoms with Crippen LogP contribution in [0.4, 0.5) is 11.6 Å². The van der Waals surface area contributed by atoms with Crippen LogP contribution in [0.15, 0.2) is 6.33 Å². The molecule has 3 N–H and O–H groups in total. The van der Waals surface area contributed by atoms with Gasteiger partial charge >= 0.3 is 0 Å². The van der Waals surface area contributed by atoms with Crippen LogP contribution in [-0.2, 0) is 0 Å². The van der Waals surface area contributed by atoms with Crippen LogP contribution in [0.5, 0.6) is 0 Å². The highest BCUT2D eigenvalue weighted by Crippen LogP contribution is 2.29. The second kappa shape index (κ2) is 6.01. The number of hydrogen-bond acceptors (Lipinski definition) is 6. The van der Waals surface area contributed by atoms with Gasteiger partial charge in [0.1, 0.15) is 18.0 Å². The van der Waals surface area contributed by atoms with E-state index in [4.69, 9.17) is 11.1 Å². The Morgan fingerprint density at radius 3 is 2.76 bits per heavy atom. The van der Waals surface area contributed by atoms with Crippen molar-refractivity contribution in [2.75, 3.05) is 23.9 Å². The lowest BCUT2D eigenvalue weighted by Crippen LogP contribution is -2.23. The van der Waals surface area contributed by atoms with Gasteiger partial charge in [0, 0.05) is 19.2 Å². The van der Waals surface area contributed by atoms with Crippen LogP contribution in [-0.4, -0.2) is 23.6 Å². The van der Waals surface area contributed by atoms with Crippen LogP contribution in [0, 0.1) is 11.3 Å². The Morgan fingerprint density at radius 2 is 2.24 bits per heavy atom. The number of aromatic nitrogens is 2. The second-order valence-corrected chi connectivity index (χ2v) is 4.09. The zero-order valence-electron chi connectivity index (χ0n) is 10.4. The average molecular weight is 234 g/mol. The molecular formula is C11H18N6. The van der Waals surface area contributed by atoms with E-state index in [2.05, 4.69) is 35.3 Å². The topological polar surface area (TPSA) is 90.9 Å². The molecule has 0 fully saturated rings. The Morgan fingerprint density at radius 1 is 1.53 bits per heavy atom. The van der Waals surface area contributed by atoms with Gasteiger partial charge in [-0.3, -0.25) is 0 Å². The van der Waals surface area contributed by atoms with Gasteiger partial charge in [-0.15, -0.1) is 0 Å². The number of rotatable bonds is 5. The Kier molecular flexibility index (Phi) is 4.67. The van der Waals surface area contributed by atoms with E-state index in [9.17, 15) is 0 Å². The molecule has 0 saturated carbocycles. The largest absolute Gasteiger partial charge is 0.358 e. The molecule has 0 atom stereocenters. The molecule has 1 aromatic heterocycles. The third-order valence-electron chi connectivity index (χ3n) is 2.50. The zero-order chi connectivity index (χ0) is 12.8. The molecule has 0 aliphatic heterocycles. The van der Waals surface area contributed by atoms with Crippen molar-refractivity contribution in [1.29, 1.82) is 5.26 Å². The number of nitrogens with two attached hydrogens (primary N) is 1. The van der Waals surface area contributed by atoms with E-state index < -0.39 is 0 Å². The molecule has 1 heterocycles. The normalized spacial score (nSPS) is 10.1. The van der Waals surface area contributed by atoms with Crippen LogP contribution < -0.4 is 16.2 Å². The monoisotopic (exact) mass is 234 g/mol. The number of nitrogen functional groups attached to an aromatic ring is 1. The van der Waals surface area contributed by atoms with E-state index in [1.165, 1.54) is 6.33 Å². The van der Waals surface area contributed by atoms with Crippen LogP contribution in [0.3, 0.4) is 0 Å². The third kappa shape index (κ3) is 3.04. The van der Waals surface area contributed by atoms with E-state index in [0.717, 1.165) is 11.4 Å².